The topological polar surface area (TPSA) is 358 Å². The van der Waals surface area contributed by atoms with Crippen molar-refractivity contribution in [1.29, 1.82) is 0 Å². The van der Waals surface area contributed by atoms with Crippen LogP contribution >= 0.6 is 0 Å². The molecule has 3 saturated carbocycles. The van der Waals surface area contributed by atoms with Crippen LogP contribution in [0.15, 0.2) is 48.6 Å². The lowest BCUT2D eigenvalue weighted by Crippen LogP contribution is -2.80. The Morgan fingerprint density at radius 1 is 0.622 bits per heavy atom. The zero-order valence-corrected chi connectivity index (χ0v) is 53.3. The molecule has 8 fully saturated rings. The number of rotatable bonds is 19. The van der Waals surface area contributed by atoms with E-state index in [2.05, 4.69) is 0 Å². The lowest BCUT2D eigenvalue weighted by molar-refractivity contribution is -0.374. The van der Waals surface area contributed by atoms with Gasteiger partial charge in [0.05, 0.1) is 72.6 Å². The fraction of sp³-hybridized carbons (Fsp3) is 0.828. The summed E-state index contributed by atoms with van der Waals surface area (Å²) in [7, 11) is 6.04. The normalized spacial score (nSPS) is 50.8. The number of aliphatic hydroxyl groups is 10. The molecule has 90 heavy (non-hydrogen) atoms. The summed E-state index contributed by atoms with van der Waals surface area (Å²) >= 11 is 0. The van der Waals surface area contributed by atoms with Gasteiger partial charge in [0.1, 0.15) is 83.9 Å². The fourth-order valence-electron chi connectivity index (χ4n) is 16.7. The molecule has 1 aromatic rings. The Labute approximate surface area is 525 Å². The summed E-state index contributed by atoms with van der Waals surface area (Å²) in [6.07, 6.45) is -17.1. The number of fused-ring (bicyclic) bond motifs is 5. The van der Waals surface area contributed by atoms with Crippen LogP contribution in [0.2, 0.25) is 0 Å². The van der Waals surface area contributed by atoms with Gasteiger partial charge >= 0.3 is 5.97 Å². The average molecular weight is 1280 g/mol. The minimum absolute atomic E-state index is 0.0446. The molecular formula is C64H98O26. The van der Waals surface area contributed by atoms with Crippen LogP contribution in [0.25, 0.3) is 6.08 Å². The number of aliphatic hydroxyl groups excluding tert-OH is 6. The van der Waals surface area contributed by atoms with Crippen LogP contribution < -0.4 is 0 Å². The molecular weight excluding hydrogens is 1180 g/mol. The van der Waals surface area contributed by atoms with Gasteiger partial charge in [-0.05, 0) is 78.4 Å². The molecule has 0 spiro atoms. The Morgan fingerprint density at radius 3 is 1.70 bits per heavy atom. The van der Waals surface area contributed by atoms with Gasteiger partial charge in [-0.15, -0.1) is 0 Å². The van der Waals surface area contributed by atoms with E-state index in [4.69, 9.17) is 71.1 Å². The van der Waals surface area contributed by atoms with Crippen molar-refractivity contribution in [3.8, 4) is 0 Å². The molecule has 510 valence electrons. The molecule has 1 aromatic carbocycles. The number of ether oxygens (including phenoxy) is 15. The summed E-state index contributed by atoms with van der Waals surface area (Å²) in [5.74, 6) is -1.61. The minimum Gasteiger partial charge on any atom is -0.458 e. The lowest BCUT2D eigenvalue weighted by Gasteiger charge is -2.68. The molecule has 32 atom stereocenters. The Balaban J connectivity index is 0.736. The van der Waals surface area contributed by atoms with Gasteiger partial charge in [-0.2, -0.15) is 0 Å². The predicted octanol–water partition coefficient (Wildman–Crippen LogP) is 0.793. The molecule has 4 aliphatic carbocycles. The molecule has 0 amide bonds. The third kappa shape index (κ3) is 12.3. The molecule has 26 heteroatoms. The van der Waals surface area contributed by atoms with Crippen molar-refractivity contribution in [1.82, 2.24) is 0 Å². The van der Waals surface area contributed by atoms with E-state index < -0.39 is 205 Å². The molecule has 0 aromatic heterocycles. The average Bonchev–Trinajstić information content (AvgIpc) is 1.33. The van der Waals surface area contributed by atoms with Crippen LogP contribution in [0, 0.1) is 16.7 Å². The second-order valence-corrected chi connectivity index (χ2v) is 27.0. The number of carbonyl (C=O) groups excluding carboxylic acids is 1. The first-order valence-electron chi connectivity index (χ1n) is 31.8. The molecule has 0 bridgehead atoms. The Morgan fingerprint density at radius 2 is 1.16 bits per heavy atom. The van der Waals surface area contributed by atoms with Crippen molar-refractivity contribution < 1.29 is 127 Å². The summed E-state index contributed by atoms with van der Waals surface area (Å²) in [6.45, 7) is 11.3. The summed E-state index contributed by atoms with van der Waals surface area (Å²) in [4.78, 5) is 13.7. The molecule has 5 aliphatic heterocycles. The van der Waals surface area contributed by atoms with Crippen molar-refractivity contribution in [2.45, 2.75) is 282 Å². The number of esters is 1. The summed E-state index contributed by atoms with van der Waals surface area (Å²) in [5, 5.41) is 115. The van der Waals surface area contributed by atoms with E-state index in [-0.39, 0.29) is 44.9 Å². The van der Waals surface area contributed by atoms with E-state index in [0.29, 0.717) is 12.8 Å². The molecule has 26 nitrogen and oxygen atoms in total. The van der Waals surface area contributed by atoms with Crippen LogP contribution in [-0.4, -0.2) is 268 Å². The van der Waals surface area contributed by atoms with Gasteiger partial charge in [-0.25, -0.2) is 4.79 Å². The predicted molar refractivity (Wildman–Crippen MR) is 312 cm³/mol. The zero-order chi connectivity index (χ0) is 65.2. The molecule has 0 radical (unpaired) electrons. The number of benzene rings is 1. The molecule has 5 heterocycles. The van der Waals surface area contributed by atoms with Crippen LogP contribution in [-0.2, 0) is 75.8 Å². The van der Waals surface area contributed by atoms with Crippen LogP contribution in [0.4, 0.5) is 0 Å². The summed E-state index contributed by atoms with van der Waals surface area (Å²) in [6, 6.07) is 9.18. The second-order valence-electron chi connectivity index (χ2n) is 27.0. The molecule has 0 unspecified atom stereocenters. The second kappa shape index (κ2) is 27.4. The first kappa shape index (κ1) is 70.0. The Hall–Kier alpha value is -2.79. The van der Waals surface area contributed by atoms with Gasteiger partial charge in [-0.3, -0.25) is 0 Å². The van der Waals surface area contributed by atoms with Gasteiger partial charge in [-0.1, -0.05) is 56.3 Å². The molecule has 9 aliphatic rings. The summed E-state index contributed by atoms with van der Waals surface area (Å²) < 4.78 is 93.4. The maximum Gasteiger partial charge on any atom is 0.331 e. The van der Waals surface area contributed by atoms with E-state index >= 15 is 0 Å². The quantitative estimate of drug-likeness (QED) is 0.0520. The number of methoxy groups -OCH3 is 4. The lowest BCUT2D eigenvalue weighted by atomic mass is 9.41. The van der Waals surface area contributed by atoms with Crippen LogP contribution in [0.3, 0.4) is 0 Å². The van der Waals surface area contributed by atoms with E-state index in [1.807, 2.05) is 51.1 Å². The first-order valence-corrected chi connectivity index (χ1v) is 31.8. The van der Waals surface area contributed by atoms with Gasteiger partial charge in [0, 0.05) is 71.5 Å². The highest BCUT2D eigenvalue weighted by atomic mass is 16.8. The maximum atomic E-state index is 13.7. The minimum atomic E-state index is -2.11. The Bertz CT molecular complexity index is 2620. The van der Waals surface area contributed by atoms with Gasteiger partial charge in [0.2, 0.25) is 0 Å². The zero-order valence-electron chi connectivity index (χ0n) is 53.3. The van der Waals surface area contributed by atoms with E-state index in [9.17, 15) is 55.9 Å². The van der Waals surface area contributed by atoms with E-state index in [1.54, 1.807) is 47.1 Å². The third-order valence-corrected chi connectivity index (χ3v) is 22.2. The van der Waals surface area contributed by atoms with Gasteiger partial charge < -0.3 is 122 Å². The monoisotopic (exact) mass is 1280 g/mol. The largest absolute Gasteiger partial charge is 0.458 e. The van der Waals surface area contributed by atoms with Crippen molar-refractivity contribution in [3.05, 3.63) is 54.1 Å². The SMILES string of the molecule is CO[C@@H]1[C@@H](O)[C@H](O[C@@H]2[C@@H](C)O[C@@H](O[C@H]3[C@@H](OC)C[C@H](O[C@H]4[C@@H](OC)C[C@H](O[C@H]5CC[C@]6(C)[C@H]7C[C@@H](OC(=O)C=Cc8ccccc8)[C@@]8(C)[C@](O)(CC[C@@]8(O)[C@H](C)O)[C@]7(O)C=C[C@@]6(O)C5)O[C@@H]4C)O[C@@H]3C)C[C@H]2OC)O[C@H](C)[C@H]1O[C@@H]1O[C@H](CO)[C@@H](O)[C@H](O)[C@H]1O. The van der Waals surface area contributed by atoms with E-state index in [1.165, 1.54) is 33.3 Å². The Kier molecular flexibility index (Phi) is 21.3. The van der Waals surface area contributed by atoms with E-state index in [0.717, 1.165) is 5.56 Å². The molecule has 10 rings (SSSR count). The van der Waals surface area contributed by atoms with Crippen LogP contribution in [0.1, 0.15) is 112 Å². The van der Waals surface area contributed by atoms with Gasteiger partial charge in [0.15, 0.2) is 31.5 Å². The van der Waals surface area contributed by atoms with Crippen molar-refractivity contribution in [2.75, 3.05) is 35.0 Å². The smallest absolute Gasteiger partial charge is 0.331 e. The molecule has 10 N–H and O–H groups in total. The maximum absolute atomic E-state index is 13.7. The number of hydrogen-bond donors (Lipinski definition) is 10. The number of carbonyl (C=O) groups is 1. The molecule has 5 saturated heterocycles. The van der Waals surface area contributed by atoms with Gasteiger partial charge in [0.25, 0.3) is 0 Å². The fourth-order valence-corrected chi connectivity index (χ4v) is 16.7. The standard InChI is InChI=1S/C64H98O26/c1-31-52(87-46-26-39(77-9)53(32(2)81-46)88-47-27-40(78-10)54(33(3)82-47)89-58-51(71)56(79-11)55(34(4)83-58)90-57-50(70)49(69)48(68)41(30-65)85-57)38(76-8)25-45(80-31)84-37-19-20-59(6)42-28-43(86-44(67)18-17-36-15-13-12-14-16-36)60(7)62(73,35(5)66)23-24-64(60,75)63(42,74)22-21-61(59,72)29-37/h12-18,21-22,31-35,37-43,45-58,65-66,68-75H,19-20,23-30H2,1-11H3/t31-,32-,33-,34-,35+,37+,38+,39+,40-,41-,42-,43-,45+,46+,47+,48-,49+,50-,51-,52-,53-,54-,55-,56-,57+,58+,59-,60-,61-,62-,63+,64-/m1/s1. The number of hydrogen-bond acceptors (Lipinski definition) is 26. The first-order chi connectivity index (χ1) is 42.6. The summed E-state index contributed by atoms with van der Waals surface area (Å²) in [5.41, 5.74) is -9.76. The van der Waals surface area contributed by atoms with Crippen molar-refractivity contribution in [2.24, 2.45) is 16.7 Å². The highest BCUT2D eigenvalue weighted by molar-refractivity contribution is 5.87. The highest BCUT2D eigenvalue weighted by Gasteiger charge is 2.82. The highest BCUT2D eigenvalue weighted by Crippen LogP contribution is 2.71. The van der Waals surface area contributed by atoms with Crippen molar-refractivity contribution >= 4 is 12.0 Å². The van der Waals surface area contributed by atoms with Crippen LogP contribution in [0.5, 0.6) is 0 Å². The van der Waals surface area contributed by atoms with Crippen molar-refractivity contribution in [3.63, 3.8) is 0 Å². The third-order valence-electron chi connectivity index (χ3n) is 22.2.